The average Bonchev–Trinajstić information content (AvgIpc) is 2.78. The van der Waals surface area contributed by atoms with Gasteiger partial charge in [-0.25, -0.2) is 9.67 Å². The molecule has 0 fully saturated rings. The molecule has 3 nitrogen and oxygen atoms in total. The van der Waals surface area contributed by atoms with Crippen LogP contribution in [-0.2, 0) is 0 Å². The van der Waals surface area contributed by atoms with Gasteiger partial charge in [-0.3, -0.25) is 0 Å². The summed E-state index contributed by atoms with van der Waals surface area (Å²) in [5, 5.41) is 3.88. The van der Waals surface area contributed by atoms with Gasteiger partial charge in [-0.2, -0.15) is 13.2 Å². The first kappa shape index (κ1) is 13.6. The Balaban J connectivity index is 2.05. The average molecular weight is 346 g/mol. The first-order valence-corrected chi connectivity index (χ1v) is 6.99. The number of aromatic nitrogens is 3. The number of hydrogen-bond donors (Lipinski definition) is 0. The largest absolute Gasteiger partial charge is 0.410 e. The second kappa shape index (κ2) is 4.87. The number of hydrogen-bond acceptors (Lipinski definition) is 2. The second-order valence-electron chi connectivity index (χ2n) is 4.78. The van der Waals surface area contributed by atoms with E-state index in [2.05, 4.69) is 26.0 Å². The molecular weight excluding hydrogens is 335 g/mol. The highest BCUT2D eigenvalue weighted by Gasteiger charge is 2.46. The van der Waals surface area contributed by atoms with Gasteiger partial charge < -0.3 is 0 Å². The van der Waals surface area contributed by atoms with Gasteiger partial charge in [-0.1, -0.05) is 30.3 Å². The van der Waals surface area contributed by atoms with E-state index in [0.717, 1.165) is 10.2 Å². The molecule has 20 heavy (non-hydrogen) atoms. The van der Waals surface area contributed by atoms with Crippen LogP contribution in [0.2, 0.25) is 0 Å². The van der Waals surface area contributed by atoms with Gasteiger partial charge in [0.15, 0.2) is 0 Å². The lowest BCUT2D eigenvalue weighted by Crippen LogP contribution is -2.33. The molecule has 2 unspecified atom stereocenters. The minimum absolute atomic E-state index is 0.0197. The van der Waals surface area contributed by atoms with Crippen LogP contribution < -0.4 is 0 Å². The summed E-state index contributed by atoms with van der Waals surface area (Å²) < 4.78 is 40.4. The zero-order valence-corrected chi connectivity index (χ0v) is 11.9. The van der Waals surface area contributed by atoms with E-state index >= 15 is 0 Å². The molecule has 1 aliphatic rings. The maximum Gasteiger partial charge on any atom is 0.410 e. The van der Waals surface area contributed by atoms with Gasteiger partial charge in [0.05, 0.1) is 0 Å². The van der Waals surface area contributed by atoms with E-state index in [1.54, 1.807) is 0 Å². The van der Waals surface area contributed by atoms with Crippen LogP contribution in [0.25, 0.3) is 0 Å². The van der Waals surface area contributed by atoms with Crippen LogP contribution in [-0.4, -0.2) is 20.9 Å². The number of halogens is 4. The zero-order chi connectivity index (χ0) is 14.3. The van der Waals surface area contributed by atoms with E-state index in [1.165, 1.54) is 0 Å². The van der Waals surface area contributed by atoms with Crippen molar-refractivity contribution in [1.82, 2.24) is 14.8 Å². The fraction of sp³-hybridized carbons (Fsp3) is 0.385. The summed E-state index contributed by atoms with van der Waals surface area (Å²) in [4.78, 5) is 4.14. The van der Waals surface area contributed by atoms with Gasteiger partial charge >= 0.3 is 6.18 Å². The highest BCUT2D eigenvalue weighted by Crippen LogP contribution is 2.43. The fourth-order valence-corrected chi connectivity index (χ4v) is 3.01. The summed E-state index contributed by atoms with van der Waals surface area (Å²) in [6, 6.07) is 7.86. The number of fused-ring (bicyclic) bond motifs is 1. The predicted molar refractivity (Wildman–Crippen MR) is 70.3 cm³/mol. The maximum atomic E-state index is 13.1. The summed E-state index contributed by atoms with van der Waals surface area (Å²) in [6.45, 7) is 0. The molecular formula is C13H11BrF3N3. The van der Waals surface area contributed by atoms with Crippen molar-refractivity contribution in [2.75, 3.05) is 0 Å². The van der Waals surface area contributed by atoms with Gasteiger partial charge in [0.2, 0.25) is 4.73 Å². The Hall–Kier alpha value is -1.37. The minimum Gasteiger partial charge on any atom is -0.236 e. The lowest BCUT2D eigenvalue weighted by atomic mass is 9.88. The SMILES string of the molecule is FC(F)(F)C1CCC(c2ccccc2)c2nc(Br)nn21. The molecule has 1 aromatic carbocycles. The van der Waals surface area contributed by atoms with E-state index < -0.39 is 12.2 Å². The fourth-order valence-electron chi connectivity index (χ4n) is 2.65. The topological polar surface area (TPSA) is 30.7 Å². The molecule has 1 aliphatic heterocycles. The van der Waals surface area contributed by atoms with Crippen LogP contribution in [0.4, 0.5) is 13.2 Å². The Kier molecular flexibility index (Phi) is 3.32. The van der Waals surface area contributed by atoms with Crippen molar-refractivity contribution in [1.29, 1.82) is 0 Å². The van der Waals surface area contributed by atoms with Crippen molar-refractivity contribution in [2.45, 2.75) is 31.0 Å². The Bertz CT molecular complexity index is 609. The van der Waals surface area contributed by atoms with Crippen molar-refractivity contribution in [3.05, 3.63) is 46.5 Å². The summed E-state index contributed by atoms with van der Waals surface area (Å²) in [5.41, 5.74) is 0.967. The van der Waals surface area contributed by atoms with Crippen LogP contribution in [0, 0.1) is 0 Å². The van der Waals surface area contributed by atoms with Gasteiger partial charge in [-0.05, 0) is 34.3 Å². The first-order chi connectivity index (χ1) is 9.47. The standard InChI is InChI=1S/C13H11BrF3N3/c14-12-18-11-9(8-4-2-1-3-5-8)6-7-10(13(15,16)17)20(11)19-12/h1-5,9-10H,6-7H2. The van der Waals surface area contributed by atoms with Gasteiger partial charge in [0, 0.05) is 5.92 Å². The van der Waals surface area contributed by atoms with Gasteiger partial charge in [0.25, 0.3) is 0 Å². The number of rotatable bonds is 1. The molecule has 3 rings (SSSR count). The molecule has 2 aromatic rings. The van der Waals surface area contributed by atoms with Crippen molar-refractivity contribution >= 4 is 15.9 Å². The number of alkyl halides is 3. The third-order valence-electron chi connectivity index (χ3n) is 3.55. The second-order valence-corrected chi connectivity index (χ2v) is 5.49. The maximum absolute atomic E-state index is 13.1. The molecule has 0 saturated carbocycles. The summed E-state index contributed by atoms with van der Waals surface area (Å²) >= 11 is 3.08. The molecule has 0 amide bonds. The molecule has 106 valence electrons. The predicted octanol–water partition coefficient (Wildman–Crippen LogP) is 4.07. The summed E-state index contributed by atoms with van der Waals surface area (Å²) in [6.07, 6.45) is -3.87. The number of nitrogens with zero attached hydrogens (tertiary/aromatic N) is 3. The Labute approximate surface area is 121 Å². The van der Waals surface area contributed by atoms with Crippen LogP contribution in [0.1, 0.15) is 36.2 Å². The Morgan fingerprint density at radius 2 is 1.85 bits per heavy atom. The van der Waals surface area contributed by atoms with Gasteiger partial charge in [-0.15, -0.1) is 5.10 Å². The first-order valence-electron chi connectivity index (χ1n) is 6.20. The third kappa shape index (κ3) is 2.34. The molecule has 1 aromatic heterocycles. The van der Waals surface area contributed by atoms with E-state index in [9.17, 15) is 13.2 Å². The molecule has 0 spiro atoms. The molecule has 0 bridgehead atoms. The lowest BCUT2D eigenvalue weighted by Gasteiger charge is -2.30. The van der Waals surface area contributed by atoms with Crippen LogP contribution in [0.5, 0.6) is 0 Å². The Morgan fingerprint density at radius 3 is 2.50 bits per heavy atom. The monoisotopic (exact) mass is 345 g/mol. The Morgan fingerprint density at radius 1 is 1.15 bits per heavy atom. The summed E-state index contributed by atoms with van der Waals surface area (Å²) in [7, 11) is 0. The van der Waals surface area contributed by atoms with Gasteiger partial charge in [0.1, 0.15) is 11.9 Å². The quantitative estimate of drug-likeness (QED) is 0.779. The van der Waals surface area contributed by atoms with E-state index in [-0.39, 0.29) is 17.1 Å². The molecule has 2 heterocycles. The van der Waals surface area contributed by atoms with Crippen molar-refractivity contribution in [2.24, 2.45) is 0 Å². The molecule has 0 saturated heterocycles. The van der Waals surface area contributed by atoms with Crippen LogP contribution >= 0.6 is 15.9 Å². The highest BCUT2D eigenvalue weighted by molar-refractivity contribution is 9.10. The van der Waals surface area contributed by atoms with Crippen LogP contribution in [0.3, 0.4) is 0 Å². The molecule has 0 N–H and O–H groups in total. The lowest BCUT2D eigenvalue weighted by molar-refractivity contribution is -0.175. The molecule has 7 heteroatoms. The molecule has 0 aliphatic carbocycles. The molecule has 2 atom stereocenters. The minimum atomic E-state index is -4.30. The third-order valence-corrected chi connectivity index (χ3v) is 3.88. The van der Waals surface area contributed by atoms with Crippen molar-refractivity contribution in [3.8, 4) is 0 Å². The molecule has 0 radical (unpaired) electrons. The van der Waals surface area contributed by atoms with Crippen LogP contribution in [0.15, 0.2) is 35.1 Å². The van der Waals surface area contributed by atoms with Crippen molar-refractivity contribution in [3.63, 3.8) is 0 Å². The van der Waals surface area contributed by atoms with E-state index in [0.29, 0.717) is 12.2 Å². The normalized spacial score (nSPS) is 22.6. The van der Waals surface area contributed by atoms with E-state index in [1.807, 2.05) is 30.3 Å². The van der Waals surface area contributed by atoms with E-state index in [4.69, 9.17) is 0 Å². The summed E-state index contributed by atoms with van der Waals surface area (Å²) in [5.74, 6) is 0.227. The zero-order valence-electron chi connectivity index (χ0n) is 10.3. The van der Waals surface area contributed by atoms with Crippen molar-refractivity contribution < 1.29 is 13.2 Å². The smallest absolute Gasteiger partial charge is 0.236 e. The highest BCUT2D eigenvalue weighted by atomic mass is 79.9. The number of benzene rings is 1.